The van der Waals surface area contributed by atoms with Crippen LogP contribution in [0, 0.1) is 0 Å². The van der Waals surface area contributed by atoms with Gasteiger partial charge in [-0.25, -0.2) is 13.4 Å². The summed E-state index contributed by atoms with van der Waals surface area (Å²) in [7, 11) is -3.62. The zero-order chi connectivity index (χ0) is 21.6. The van der Waals surface area contributed by atoms with Gasteiger partial charge in [-0.3, -0.25) is 4.79 Å². The first-order valence-electron chi connectivity index (χ1n) is 9.78. The topological polar surface area (TPSA) is 84.8 Å². The molecule has 2 heterocycles. The van der Waals surface area contributed by atoms with Crippen molar-refractivity contribution in [3.8, 4) is 11.3 Å². The first-order valence-corrected chi connectivity index (χ1v) is 11.7. The third-order valence-corrected chi connectivity index (χ3v) is 6.28. The fraction of sp³-hybridized carbons (Fsp3) is 0.0833. The van der Waals surface area contributed by atoms with Crippen molar-refractivity contribution in [3.63, 3.8) is 0 Å². The van der Waals surface area contributed by atoms with Crippen molar-refractivity contribution in [1.82, 2.24) is 14.5 Å². The SMILES string of the molecule is CS(=O)(=O)c1nc2ccccc2n1CC(=O)c1c(-c2ccccc2)[nH]c2ccccc12. The third kappa shape index (κ3) is 3.33. The summed E-state index contributed by atoms with van der Waals surface area (Å²) in [6.45, 7) is -0.134. The predicted molar refractivity (Wildman–Crippen MR) is 121 cm³/mol. The molecule has 0 fully saturated rings. The van der Waals surface area contributed by atoms with E-state index in [0.717, 1.165) is 28.4 Å². The third-order valence-electron chi connectivity index (χ3n) is 5.30. The molecule has 5 rings (SSSR count). The fourth-order valence-corrected chi connectivity index (χ4v) is 4.79. The predicted octanol–water partition coefficient (Wildman–Crippen LogP) is 4.47. The molecule has 2 aromatic heterocycles. The second-order valence-electron chi connectivity index (χ2n) is 7.45. The Hall–Kier alpha value is -3.71. The average molecular weight is 430 g/mol. The Morgan fingerprint density at radius 1 is 0.935 bits per heavy atom. The number of nitrogens with one attached hydrogen (secondary N) is 1. The molecule has 0 saturated carbocycles. The number of aromatic nitrogens is 3. The maximum absolute atomic E-state index is 13.6. The number of aromatic amines is 1. The summed E-state index contributed by atoms with van der Waals surface area (Å²) in [6, 6.07) is 24.4. The quantitative estimate of drug-likeness (QED) is 0.418. The Balaban J connectivity index is 1.70. The van der Waals surface area contributed by atoms with Gasteiger partial charge in [0.15, 0.2) is 5.78 Å². The fourth-order valence-electron chi connectivity index (χ4n) is 3.96. The molecule has 7 heteroatoms. The molecule has 0 saturated heterocycles. The number of ketones is 1. The summed E-state index contributed by atoms with van der Waals surface area (Å²) in [5, 5.41) is 0.694. The standard InChI is InChI=1S/C24H19N3O3S/c1-31(29,30)24-26-19-13-7-8-14-20(19)27(24)15-21(28)22-17-11-5-6-12-18(17)25-23(22)16-9-3-2-4-10-16/h2-14,25H,15H2,1H3. The molecule has 0 aliphatic heterocycles. The van der Waals surface area contributed by atoms with Crippen LogP contribution in [0.2, 0.25) is 0 Å². The average Bonchev–Trinajstić information content (AvgIpc) is 3.33. The number of Topliss-reactive ketones (excluding diaryl/α,β-unsaturated/α-hetero) is 1. The number of rotatable bonds is 5. The van der Waals surface area contributed by atoms with Crippen molar-refractivity contribution < 1.29 is 13.2 Å². The summed E-state index contributed by atoms with van der Waals surface area (Å²) in [4.78, 5) is 21.3. The van der Waals surface area contributed by atoms with E-state index in [9.17, 15) is 13.2 Å². The van der Waals surface area contributed by atoms with E-state index in [1.165, 1.54) is 4.57 Å². The monoisotopic (exact) mass is 429 g/mol. The molecule has 5 aromatic rings. The van der Waals surface area contributed by atoms with Crippen LogP contribution in [0.3, 0.4) is 0 Å². The molecule has 0 bridgehead atoms. The van der Waals surface area contributed by atoms with E-state index in [-0.39, 0.29) is 17.5 Å². The van der Waals surface area contributed by atoms with Gasteiger partial charge < -0.3 is 9.55 Å². The minimum atomic E-state index is -3.62. The highest BCUT2D eigenvalue weighted by Gasteiger charge is 2.24. The van der Waals surface area contributed by atoms with Crippen molar-refractivity contribution in [2.24, 2.45) is 0 Å². The van der Waals surface area contributed by atoms with Crippen molar-refractivity contribution in [2.75, 3.05) is 6.26 Å². The molecule has 0 atom stereocenters. The van der Waals surface area contributed by atoms with E-state index in [4.69, 9.17) is 0 Å². The van der Waals surface area contributed by atoms with Gasteiger partial charge >= 0.3 is 0 Å². The molecule has 0 spiro atoms. The smallest absolute Gasteiger partial charge is 0.228 e. The lowest BCUT2D eigenvalue weighted by atomic mass is 10.0. The van der Waals surface area contributed by atoms with Gasteiger partial charge in [0, 0.05) is 17.2 Å². The Labute approximate surface area is 179 Å². The summed E-state index contributed by atoms with van der Waals surface area (Å²) in [5.41, 5.74) is 4.15. The number of carbonyl (C=O) groups is 1. The lowest BCUT2D eigenvalue weighted by Gasteiger charge is -2.09. The van der Waals surface area contributed by atoms with Gasteiger partial charge in [-0.05, 0) is 23.8 Å². The molecule has 0 aliphatic rings. The first kappa shape index (κ1) is 19.3. The molecule has 1 N–H and O–H groups in total. The minimum Gasteiger partial charge on any atom is -0.354 e. The zero-order valence-electron chi connectivity index (χ0n) is 16.7. The van der Waals surface area contributed by atoms with Gasteiger partial charge in [-0.1, -0.05) is 60.7 Å². The van der Waals surface area contributed by atoms with Crippen molar-refractivity contribution in [2.45, 2.75) is 11.7 Å². The lowest BCUT2D eigenvalue weighted by molar-refractivity contribution is 0.0972. The molecular formula is C24H19N3O3S. The van der Waals surface area contributed by atoms with Crippen LogP contribution in [-0.4, -0.2) is 35.0 Å². The molecule has 31 heavy (non-hydrogen) atoms. The molecule has 0 unspecified atom stereocenters. The number of para-hydroxylation sites is 3. The van der Waals surface area contributed by atoms with Crippen LogP contribution >= 0.6 is 0 Å². The van der Waals surface area contributed by atoms with E-state index < -0.39 is 9.84 Å². The van der Waals surface area contributed by atoms with Crippen molar-refractivity contribution in [1.29, 1.82) is 0 Å². The Bertz CT molecular complexity index is 1550. The van der Waals surface area contributed by atoms with Crippen LogP contribution in [0.5, 0.6) is 0 Å². The van der Waals surface area contributed by atoms with E-state index in [1.807, 2.05) is 54.6 Å². The number of carbonyl (C=O) groups excluding carboxylic acids is 1. The van der Waals surface area contributed by atoms with Crippen molar-refractivity contribution in [3.05, 3.63) is 84.4 Å². The summed E-state index contributed by atoms with van der Waals surface area (Å²) in [6.07, 6.45) is 1.11. The van der Waals surface area contributed by atoms with E-state index >= 15 is 0 Å². The Morgan fingerprint density at radius 3 is 2.39 bits per heavy atom. The van der Waals surface area contributed by atoms with Gasteiger partial charge in [-0.2, -0.15) is 0 Å². The number of hydrogen-bond donors (Lipinski definition) is 1. The summed E-state index contributed by atoms with van der Waals surface area (Å²) < 4.78 is 26.3. The molecule has 0 amide bonds. The molecular weight excluding hydrogens is 410 g/mol. The van der Waals surface area contributed by atoms with Crippen LogP contribution in [-0.2, 0) is 16.4 Å². The van der Waals surface area contributed by atoms with E-state index in [1.54, 1.807) is 24.3 Å². The summed E-state index contributed by atoms with van der Waals surface area (Å²) >= 11 is 0. The number of imidazole rings is 1. The highest BCUT2D eigenvalue weighted by atomic mass is 32.2. The van der Waals surface area contributed by atoms with Gasteiger partial charge in [0.1, 0.15) is 0 Å². The van der Waals surface area contributed by atoms with Crippen LogP contribution in [0.15, 0.2) is 84.0 Å². The number of benzene rings is 3. The van der Waals surface area contributed by atoms with Crippen LogP contribution in [0.4, 0.5) is 0 Å². The second kappa shape index (κ2) is 7.21. The minimum absolute atomic E-state index is 0.108. The number of hydrogen-bond acceptors (Lipinski definition) is 4. The maximum Gasteiger partial charge on any atom is 0.228 e. The highest BCUT2D eigenvalue weighted by Crippen LogP contribution is 2.31. The van der Waals surface area contributed by atoms with E-state index in [0.29, 0.717) is 16.6 Å². The number of fused-ring (bicyclic) bond motifs is 2. The first-order chi connectivity index (χ1) is 14.9. The number of H-pyrrole nitrogens is 1. The van der Waals surface area contributed by atoms with Crippen LogP contribution in [0.25, 0.3) is 33.2 Å². The number of sulfone groups is 1. The highest BCUT2D eigenvalue weighted by molar-refractivity contribution is 7.90. The van der Waals surface area contributed by atoms with Crippen LogP contribution < -0.4 is 0 Å². The molecule has 0 aliphatic carbocycles. The number of nitrogens with zero attached hydrogens (tertiary/aromatic N) is 2. The van der Waals surface area contributed by atoms with Crippen LogP contribution in [0.1, 0.15) is 10.4 Å². The lowest BCUT2D eigenvalue weighted by Crippen LogP contribution is -2.16. The largest absolute Gasteiger partial charge is 0.354 e. The summed E-state index contributed by atoms with van der Waals surface area (Å²) in [5.74, 6) is -0.190. The molecule has 0 radical (unpaired) electrons. The second-order valence-corrected chi connectivity index (χ2v) is 9.36. The van der Waals surface area contributed by atoms with Gasteiger partial charge in [0.2, 0.25) is 15.0 Å². The zero-order valence-corrected chi connectivity index (χ0v) is 17.6. The molecule has 154 valence electrons. The van der Waals surface area contributed by atoms with E-state index in [2.05, 4.69) is 9.97 Å². The molecule has 3 aromatic carbocycles. The van der Waals surface area contributed by atoms with Gasteiger partial charge in [-0.15, -0.1) is 0 Å². The van der Waals surface area contributed by atoms with Gasteiger partial charge in [0.25, 0.3) is 0 Å². The Morgan fingerprint density at radius 2 is 1.61 bits per heavy atom. The maximum atomic E-state index is 13.6. The normalized spacial score (nSPS) is 11.9. The molecule has 6 nitrogen and oxygen atoms in total. The van der Waals surface area contributed by atoms with Gasteiger partial charge in [0.05, 0.1) is 28.8 Å². The Kier molecular flexibility index (Phi) is 4.48. The van der Waals surface area contributed by atoms with Crippen molar-refractivity contribution >= 4 is 37.6 Å².